The first kappa shape index (κ1) is 19.4. The zero-order valence-electron chi connectivity index (χ0n) is 17.5. The summed E-state index contributed by atoms with van der Waals surface area (Å²) < 4.78 is 44.2. The molecule has 4 aromatic rings. The van der Waals surface area contributed by atoms with Crippen molar-refractivity contribution in [3.05, 3.63) is 75.6 Å². The van der Waals surface area contributed by atoms with Crippen molar-refractivity contribution in [2.45, 2.75) is 32.7 Å². The molecule has 0 aliphatic carbocycles. The first-order valence-electron chi connectivity index (χ1n) is 9.97. The molecule has 0 spiro atoms. The number of fused-ring (bicyclic) bond motifs is 4. The maximum absolute atomic E-state index is 15.2. The van der Waals surface area contributed by atoms with Crippen LogP contribution in [0.1, 0.15) is 31.5 Å². The lowest BCUT2D eigenvalue weighted by molar-refractivity contribution is -0.737. The van der Waals surface area contributed by atoms with Crippen LogP contribution in [-0.2, 0) is 5.54 Å². The number of ether oxygens (including phenoxy) is 1. The molecule has 0 saturated carbocycles. The molecule has 31 heavy (non-hydrogen) atoms. The quantitative estimate of drug-likeness (QED) is 0.463. The van der Waals surface area contributed by atoms with E-state index in [1.54, 1.807) is 29.8 Å². The number of nitrogens with zero attached hydrogens (tertiary/aromatic N) is 2. The third-order valence-corrected chi connectivity index (χ3v) is 6.32. The van der Waals surface area contributed by atoms with Crippen molar-refractivity contribution in [1.29, 1.82) is 0 Å². The molecule has 1 aliphatic heterocycles. The molecule has 0 saturated heterocycles. The van der Waals surface area contributed by atoms with Crippen molar-refractivity contribution in [2.24, 2.45) is 0 Å². The van der Waals surface area contributed by atoms with Gasteiger partial charge >= 0.3 is 11.2 Å². The average Bonchev–Trinajstić information content (AvgIpc) is 3.28. The van der Waals surface area contributed by atoms with E-state index in [9.17, 15) is 9.18 Å². The van der Waals surface area contributed by atoms with Crippen LogP contribution in [0.4, 0.5) is 8.78 Å². The molecule has 4 heterocycles. The van der Waals surface area contributed by atoms with Crippen LogP contribution >= 0.6 is 0 Å². The third kappa shape index (κ3) is 2.50. The van der Waals surface area contributed by atoms with Gasteiger partial charge in [-0.05, 0) is 6.07 Å². The standard InChI is InChI=1S/C23H20F2N3O3/c1-5-23(3)19(21-27-11-26-12(2)20(27)22(29)31-21)15-8-13(24)9-16(25)18(15)17-10-14(30-4)6-7-28(17)23/h6-11H,5H2,1-4H3/q+1/p+1. The van der Waals surface area contributed by atoms with E-state index >= 15 is 4.39 Å². The van der Waals surface area contributed by atoms with Gasteiger partial charge < -0.3 is 9.15 Å². The smallest absolute Gasteiger partial charge is 0.391 e. The monoisotopic (exact) mass is 425 g/mol. The van der Waals surface area contributed by atoms with E-state index < -0.39 is 22.8 Å². The van der Waals surface area contributed by atoms with Crippen molar-refractivity contribution in [2.75, 3.05) is 7.11 Å². The number of nitrogens with one attached hydrogen (secondary N) is 1. The zero-order chi connectivity index (χ0) is 22.1. The molecule has 3 aromatic heterocycles. The second-order valence-electron chi connectivity index (χ2n) is 7.95. The summed E-state index contributed by atoms with van der Waals surface area (Å²) in [6, 6.07) is 5.67. The SMILES string of the molecule is CCC1(C)C(=c2oc(=O)c3c(C)[nH+]cn23)c2cc(F)cc(F)c2-c2cc(OC)cc[n+]21. The number of oxazole rings is 1. The Balaban J connectivity index is 2.05. The number of rotatable bonds is 2. The van der Waals surface area contributed by atoms with E-state index in [4.69, 9.17) is 9.15 Å². The first-order valence-corrected chi connectivity index (χ1v) is 9.97. The topological polar surface area (TPSA) is 61.9 Å². The number of benzene rings is 1. The summed E-state index contributed by atoms with van der Waals surface area (Å²) in [6.45, 7) is 5.71. The average molecular weight is 425 g/mol. The summed E-state index contributed by atoms with van der Waals surface area (Å²) in [5.74, 6) is -0.849. The van der Waals surface area contributed by atoms with E-state index in [0.29, 0.717) is 40.2 Å². The fourth-order valence-corrected chi connectivity index (χ4v) is 4.61. The largest absolute Gasteiger partial charge is 0.496 e. The summed E-state index contributed by atoms with van der Waals surface area (Å²) >= 11 is 0. The van der Waals surface area contributed by atoms with Gasteiger partial charge in [-0.25, -0.2) is 18.6 Å². The summed E-state index contributed by atoms with van der Waals surface area (Å²) in [5, 5.41) is 0. The molecular formula is C23H21F2N3O3+2. The van der Waals surface area contributed by atoms with Gasteiger partial charge in [-0.1, -0.05) is 6.92 Å². The Labute approximate surface area is 176 Å². The molecule has 0 amide bonds. The fraction of sp³-hybridized carbons (Fsp3) is 0.261. The van der Waals surface area contributed by atoms with Crippen molar-refractivity contribution in [1.82, 2.24) is 4.40 Å². The van der Waals surface area contributed by atoms with Gasteiger partial charge in [0.1, 0.15) is 23.0 Å². The number of halogens is 2. The first-order chi connectivity index (χ1) is 14.8. The number of hydrogen-bond donors (Lipinski definition) is 0. The van der Waals surface area contributed by atoms with Crippen molar-refractivity contribution >= 4 is 11.1 Å². The Morgan fingerprint density at radius 2 is 2.06 bits per heavy atom. The molecular weight excluding hydrogens is 404 g/mol. The summed E-state index contributed by atoms with van der Waals surface area (Å²) in [7, 11) is 1.54. The lowest BCUT2D eigenvalue weighted by Crippen LogP contribution is -2.59. The molecule has 1 aliphatic rings. The lowest BCUT2D eigenvalue weighted by Gasteiger charge is -2.31. The van der Waals surface area contributed by atoms with E-state index in [1.807, 2.05) is 24.6 Å². The highest BCUT2D eigenvalue weighted by Gasteiger charge is 2.49. The van der Waals surface area contributed by atoms with Crippen molar-refractivity contribution in [3.63, 3.8) is 0 Å². The molecule has 5 rings (SSSR count). The number of imidazole rings is 1. The van der Waals surface area contributed by atoms with Gasteiger partial charge in [-0.3, -0.25) is 0 Å². The summed E-state index contributed by atoms with van der Waals surface area (Å²) in [6.07, 6.45) is 4.01. The number of methoxy groups -OCH3 is 1. The summed E-state index contributed by atoms with van der Waals surface area (Å²) in [5.41, 5.74) is 1.65. The van der Waals surface area contributed by atoms with E-state index in [1.165, 1.54) is 13.2 Å². The Hall–Kier alpha value is -3.55. The minimum Gasteiger partial charge on any atom is -0.496 e. The van der Waals surface area contributed by atoms with Crippen LogP contribution in [0.5, 0.6) is 5.75 Å². The number of aryl methyl sites for hydroxylation is 1. The minimum atomic E-state index is -0.760. The second-order valence-corrected chi connectivity index (χ2v) is 7.95. The fourth-order valence-electron chi connectivity index (χ4n) is 4.61. The highest BCUT2D eigenvalue weighted by atomic mass is 19.1. The number of aromatic amines is 1. The van der Waals surface area contributed by atoms with Crippen LogP contribution < -0.4 is 25.5 Å². The van der Waals surface area contributed by atoms with Crippen LogP contribution in [0.25, 0.3) is 22.3 Å². The molecule has 1 unspecified atom stereocenters. The molecule has 0 fully saturated rings. The van der Waals surface area contributed by atoms with Crippen LogP contribution in [0.3, 0.4) is 0 Å². The lowest BCUT2D eigenvalue weighted by atomic mass is 9.78. The van der Waals surface area contributed by atoms with Gasteiger partial charge in [0.25, 0.3) is 5.52 Å². The molecule has 1 atom stereocenters. The number of hydrogen-bond acceptors (Lipinski definition) is 3. The molecule has 1 N–H and O–H groups in total. The predicted molar refractivity (Wildman–Crippen MR) is 107 cm³/mol. The van der Waals surface area contributed by atoms with Crippen molar-refractivity contribution < 1.29 is 27.5 Å². The zero-order valence-corrected chi connectivity index (χ0v) is 17.5. The highest BCUT2D eigenvalue weighted by Crippen LogP contribution is 2.43. The molecule has 0 bridgehead atoms. The molecule has 8 heteroatoms. The molecule has 1 aromatic carbocycles. The van der Waals surface area contributed by atoms with E-state index in [0.717, 1.165) is 6.07 Å². The molecule has 158 valence electrons. The maximum Gasteiger partial charge on any atom is 0.391 e. The molecule has 6 nitrogen and oxygen atoms in total. The van der Waals surface area contributed by atoms with Gasteiger partial charge in [0.2, 0.25) is 12.0 Å². The Morgan fingerprint density at radius 3 is 2.77 bits per heavy atom. The predicted octanol–water partition coefficient (Wildman–Crippen LogP) is 2.31. The van der Waals surface area contributed by atoms with Crippen LogP contribution in [-0.4, -0.2) is 11.5 Å². The Bertz CT molecular complexity index is 1490. The van der Waals surface area contributed by atoms with E-state index in [2.05, 4.69) is 4.98 Å². The van der Waals surface area contributed by atoms with Gasteiger partial charge in [0.05, 0.1) is 18.7 Å². The van der Waals surface area contributed by atoms with Gasteiger partial charge in [0.15, 0.2) is 17.4 Å². The van der Waals surface area contributed by atoms with Gasteiger partial charge in [-0.15, -0.1) is 0 Å². The van der Waals surface area contributed by atoms with Crippen LogP contribution in [0, 0.1) is 18.6 Å². The van der Waals surface area contributed by atoms with Gasteiger partial charge in [-0.2, -0.15) is 8.97 Å². The van der Waals surface area contributed by atoms with Crippen LogP contribution in [0.15, 0.2) is 46.0 Å². The Morgan fingerprint density at radius 1 is 1.29 bits per heavy atom. The second kappa shape index (κ2) is 6.47. The number of pyridine rings is 1. The number of H-pyrrole nitrogens is 1. The normalized spacial score (nSPS) is 19.4. The maximum atomic E-state index is 15.2. The highest BCUT2D eigenvalue weighted by molar-refractivity contribution is 5.83. The van der Waals surface area contributed by atoms with Crippen LogP contribution in [0.2, 0.25) is 0 Å². The Kier molecular flexibility index (Phi) is 4.05. The molecule has 0 radical (unpaired) electrons. The third-order valence-electron chi connectivity index (χ3n) is 6.32. The van der Waals surface area contributed by atoms with Crippen molar-refractivity contribution in [3.8, 4) is 17.0 Å². The minimum absolute atomic E-state index is 0.228. The summed E-state index contributed by atoms with van der Waals surface area (Å²) in [4.78, 5) is 15.6. The van der Waals surface area contributed by atoms with Gasteiger partial charge in [0, 0.05) is 38.0 Å². The van der Waals surface area contributed by atoms with E-state index in [-0.39, 0.29) is 11.1 Å². The number of aromatic nitrogens is 3.